The molecular weight excluding hydrogens is 201 g/mol. The standard InChI is InChI=1S/C12H9F3/c13-12(14,15)11-3-1-2-10(8-11)7-6-9-4-5-9/h1-3,8-9H,4-5H2. The molecule has 0 bridgehead atoms. The highest BCUT2D eigenvalue weighted by Crippen LogP contribution is 2.30. The van der Waals surface area contributed by atoms with Gasteiger partial charge in [-0.25, -0.2) is 0 Å². The minimum absolute atomic E-state index is 0.402. The fourth-order valence-electron chi connectivity index (χ4n) is 1.19. The second-order valence-electron chi connectivity index (χ2n) is 3.62. The minimum atomic E-state index is -4.28. The predicted molar refractivity (Wildman–Crippen MR) is 51.0 cm³/mol. The summed E-state index contributed by atoms with van der Waals surface area (Å²) in [6.07, 6.45) is -2.13. The Morgan fingerprint density at radius 1 is 1.20 bits per heavy atom. The molecule has 1 saturated carbocycles. The third-order valence-electron chi connectivity index (χ3n) is 2.19. The van der Waals surface area contributed by atoms with Crippen LogP contribution in [0.5, 0.6) is 0 Å². The number of alkyl halides is 3. The van der Waals surface area contributed by atoms with Gasteiger partial charge >= 0.3 is 6.18 Å². The van der Waals surface area contributed by atoms with Gasteiger partial charge in [-0.1, -0.05) is 17.9 Å². The predicted octanol–water partition coefficient (Wildman–Crippen LogP) is 3.47. The van der Waals surface area contributed by atoms with Crippen molar-refractivity contribution in [3.05, 3.63) is 35.4 Å². The third kappa shape index (κ3) is 2.76. The Balaban J connectivity index is 2.23. The van der Waals surface area contributed by atoms with Gasteiger partial charge in [0.25, 0.3) is 0 Å². The van der Waals surface area contributed by atoms with Gasteiger partial charge in [-0.05, 0) is 31.0 Å². The zero-order valence-corrected chi connectivity index (χ0v) is 7.93. The SMILES string of the molecule is FC(F)(F)c1cccc(C#CC2CC2)c1. The summed E-state index contributed by atoms with van der Waals surface area (Å²) in [7, 11) is 0. The van der Waals surface area contributed by atoms with E-state index < -0.39 is 11.7 Å². The summed E-state index contributed by atoms with van der Waals surface area (Å²) >= 11 is 0. The van der Waals surface area contributed by atoms with Crippen LogP contribution in [0.2, 0.25) is 0 Å². The molecule has 1 fully saturated rings. The highest BCUT2D eigenvalue weighted by Gasteiger charge is 2.30. The van der Waals surface area contributed by atoms with E-state index in [1.807, 2.05) is 0 Å². The van der Waals surface area contributed by atoms with Crippen LogP contribution in [0, 0.1) is 17.8 Å². The molecule has 0 heterocycles. The second-order valence-corrected chi connectivity index (χ2v) is 3.62. The lowest BCUT2D eigenvalue weighted by Gasteiger charge is -2.05. The van der Waals surface area contributed by atoms with Gasteiger partial charge in [-0.3, -0.25) is 0 Å². The number of hydrogen-bond donors (Lipinski definition) is 0. The number of rotatable bonds is 0. The van der Waals surface area contributed by atoms with E-state index in [2.05, 4.69) is 11.8 Å². The van der Waals surface area contributed by atoms with E-state index in [0.29, 0.717) is 11.5 Å². The van der Waals surface area contributed by atoms with Crippen molar-refractivity contribution >= 4 is 0 Å². The first-order chi connectivity index (χ1) is 7.05. The molecule has 0 N–H and O–H groups in total. The Bertz CT molecular complexity index is 416. The molecule has 0 nitrogen and oxygen atoms in total. The summed E-state index contributed by atoms with van der Waals surface area (Å²) in [6, 6.07) is 5.14. The number of benzene rings is 1. The zero-order chi connectivity index (χ0) is 10.9. The zero-order valence-electron chi connectivity index (χ0n) is 7.93. The molecule has 0 unspecified atom stereocenters. The van der Waals surface area contributed by atoms with Gasteiger partial charge in [0.2, 0.25) is 0 Å². The van der Waals surface area contributed by atoms with Crippen LogP contribution < -0.4 is 0 Å². The maximum Gasteiger partial charge on any atom is 0.416 e. The van der Waals surface area contributed by atoms with Crippen LogP contribution in [0.15, 0.2) is 24.3 Å². The smallest absolute Gasteiger partial charge is 0.166 e. The molecule has 1 aliphatic carbocycles. The van der Waals surface area contributed by atoms with Crippen LogP contribution in [0.1, 0.15) is 24.0 Å². The first-order valence-electron chi connectivity index (χ1n) is 4.74. The van der Waals surface area contributed by atoms with E-state index in [4.69, 9.17) is 0 Å². The van der Waals surface area contributed by atoms with Gasteiger partial charge in [0, 0.05) is 11.5 Å². The molecule has 3 heteroatoms. The molecule has 0 amide bonds. The lowest BCUT2D eigenvalue weighted by Crippen LogP contribution is -2.04. The van der Waals surface area contributed by atoms with Crippen molar-refractivity contribution in [2.75, 3.05) is 0 Å². The summed E-state index contributed by atoms with van der Waals surface area (Å²) < 4.78 is 37.0. The fourth-order valence-corrected chi connectivity index (χ4v) is 1.19. The highest BCUT2D eigenvalue weighted by molar-refractivity contribution is 5.38. The van der Waals surface area contributed by atoms with Crippen molar-refractivity contribution in [2.45, 2.75) is 19.0 Å². The summed E-state index contributed by atoms with van der Waals surface area (Å²) in [6.45, 7) is 0. The molecule has 1 aromatic carbocycles. The topological polar surface area (TPSA) is 0 Å². The monoisotopic (exact) mass is 210 g/mol. The van der Waals surface area contributed by atoms with Gasteiger partial charge in [-0.2, -0.15) is 13.2 Å². The molecule has 0 atom stereocenters. The lowest BCUT2D eigenvalue weighted by atomic mass is 10.1. The molecule has 1 aliphatic rings. The van der Waals surface area contributed by atoms with Gasteiger partial charge in [0.1, 0.15) is 0 Å². The van der Waals surface area contributed by atoms with E-state index in [1.54, 1.807) is 6.07 Å². The Labute approximate surface area is 86.1 Å². The van der Waals surface area contributed by atoms with Crippen LogP contribution in [0.3, 0.4) is 0 Å². The maximum atomic E-state index is 12.3. The van der Waals surface area contributed by atoms with E-state index in [-0.39, 0.29) is 0 Å². The van der Waals surface area contributed by atoms with Crippen molar-refractivity contribution < 1.29 is 13.2 Å². The molecule has 2 rings (SSSR count). The molecule has 0 saturated heterocycles. The van der Waals surface area contributed by atoms with Crippen LogP contribution in [0.25, 0.3) is 0 Å². The van der Waals surface area contributed by atoms with Crippen LogP contribution >= 0.6 is 0 Å². The van der Waals surface area contributed by atoms with E-state index in [1.165, 1.54) is 6.07 Å². The number of halogens is 3. The average Bonchev–Trinajstić information content (AvgIpc) is 2.97. The summed E-state index contributed by atoms with van der Waals surface area (Å²) in [5, 5.41) is 0. The molecule has 0 aliphatic heterocycles. The Hall–Kier alpha value is -1.43. The Morgan fingerprint density at radius 3 is 2.53 bits per heavy atom. The van der Waals surface area contributed by atoms with Crippen molar-refractivity contribution in [1.82, 2.24) is 0 Å². The van der Waals surface area contributed by atoms with Crippen molar-refractivity contribution in [3.8, 4) is 11.8 Å². The first-order valence-corrected chi connectivity index (χ1v) is 4.74. The highest BCUT2D eigenvalue weighted by atomic mass is 19.4. The average molecular weight is 210 g/mol. The van der Waals surface area contributed by atoms with Crippen molar-refractivity contribution in [1.29, 1.82) is 0 Å². The third-order valence-corrected chi connectivity index (χ3v) is 2.19. The summed E-state index contributed by atoms with van der Waals surface area (Å²) in [5.41, 5.74) is -0.193. The van der Waals surface area contributed by atoms with Crippen LogP contribution in [0.4, 0.5) is 13.2 Å². The van der Waals surface area contributed by atoms with Gasteiger partial charge in [0.15, 0.2) is 0 Å². The quantitative estimate of drug-likeness (QED) is 0.575. The summed E-state index contributed by atoms with van der Waals surface area (Å²) in [4.78, 5) is 0. The molecule has 0 radical (unpaired) electrons. The molecule has 0 aromatic heterocycles. The van der Waals surface area contributed by atoms with Crippen LogP contribution in [-0.2, 0) is 6.18 Å². The Morgan fingerprint density at radius 2 is 1.93 bits per heavy atom. The Kier molecular flexibility index (Phi) is 2.44. The largest absolute Gasteiger partial charge is 0.416 e. The maximum absolute atomic E-state index is 12.3. The second kappa shape index (κ2) is 3.62. The number of hydrogen-bond acceptors (Lipinski definition) is 0. The van der Waals surface area contributed by atoms with Crippen LogP contribution in [-0.4, -0.2) is 0 Å². The minimum Gasteiger partial charge on any atom is -0.166 e. The fraction of sp³-hybridized carbons (Fsp3) is 0.333. The normalized spacial score (nSPS) is 15.7. The molecule has 78 valence electrons. The molecule has 15 heavy (non-hydrogen) atoms. The van der Waals surface area contributed by atoms with E-state index >= 15 is 0 Å². The van der Waals surface area contributed by atoms with E-state index in [0.717, 1.165) is 25.0 Å². The van der Waals surface area contributed by atoms with Crippen molar-refractivity contribution in [3.63, 3.8) is 0 Å². The molecular formula is C12H9F3. The van der Waals surface area contributed by atoms with E-state index in [9.17, 15) is 13.2 Å². The van der Waals surface area contributed by atoms with Gasteiger partial charge in [-0.15, -0.1) is 0 Å². The summed E-state index contributed by atoms with van der Waals surface area (Å²) in [5.74, 6) is 6.11. The van der Waals surface area contributed by atoms with Crippen molar-refractivity contribution in [2.24, 2.45) is 5.92 Å². The first kappa shape index (κ1) is 10.1. The van der Waals surface area contributed by atoms with Gasteiger partial charge < -0.3 is 0 Å². The molecule has 0 spiro atoms. The molecule has 1 aromatic rings. The lowest BCUT2D eigenvalue weighted by molar-refractivity contribution is -0.137. The van der Waals surface area contributed by atoms with Gasteiger partial charge in [0.05, 0.1) is 5.56 Å².